The maximum Gasteiger partial charge on any atom is 0.416 e. The Balaban J connectivity index is 1.94. The number of nitrogens with zero attached hydrogens (tertiary/aromatic N) is 1. The molecular weight excluding hydrogens is 378 g/mol. The summed E-state index contributed by atoms with van der Waals surface area (Å²) in [5.41, 5.74) is -0.570. The van der Waals surface area contributed by atoms with Crippen LogP contribution in [0.25, 0.3) is 11.1 Å². The zero-order valence-electron chi connectivity index (χ0n) is 14.7. The lowest BCUT2D eigenvalue weighted by Gasteiger charge is -2.30. The second-order valence-corrected chi connectivity index (χ2v) is 6.67. The highest BCUT2D eigenvalue weighted by atomic mass is 19.4. The van der Waals surface area contributed by atoms with E-state index in [1.807, 2.05) is 0 Å². The van der Waals surface area contributed by atoms with Crippen LogP contribution in [0, 0.1) is 11.7 Å². The highest BCUT2D eigenvalue weighted by Crippen LogP contribution is 2.34. The molecule has 1 aliphatic heterocycles. The van der Waals surface area contributed by atoms with Gasteiger partial charge in [-0.3, -0.25) is 9.59 Å². The van der Waals surface area contributed by atoms with Crippen LogP contribution in [0.15, 0.2) is 42.5 Å². The number of alkyl halides is 3. The van der Waals surface area contributed by atoms with Crippen molar-refractivity contribution in [1.82, 2.24) is 4.90 Å². The lowest BCUT2D eigenvalue weighted by Crippen LogP contribution is -2.40. The Kier molecular flexibility index (Phi) is 5.40. The first-order valence-electron chi connectivity index (χ1n) is 8.66. The van der Waals surface area contributed by atoms with Crippen LogP contribution in [-0.4, -0.2) is 35.0 Å². The van der Waals surface area contributed by atoms with Crippen molar-refractivity contribution in [2.24, 2.45) is 5.92 Å². The van der Waals surface area contributed by atoms with Crippen LogP contribution in [0.5, 0.6) is 0 Å². The Hall–Kier alpha value is -2.90. The van der Waals surface area contributed by atoms with Gasteiger partial charge in [-0.25, -0.2) is 4.39 Å². The summed E-state index contributed by atoms with van der Waals surface area (Å²) in [6, 6.07) is 7.86. The van der Waals surface area contributed by atoms with Crippen molar-refractivity contribution >= 4 is 11.9 Å². The number of hydrogen-bond acceptors (Lipinski definition) is 2. The molecule has 1 amide bonds. The zero-order chi connectivity index (χ0) is 20.5. The van der Waals surface area contributed by atoms with Crippen LogP contribution >= 0.6 is 0 Å². The number of amides is 1. The highest BCUT2D eigenvalue weighted by molar-refractivity contribution is 6.01. The fourth-order valence-corrected chi connectivity index (χ4v) is 3.31. The van der Waals surface area contributed by atoms with Crippen LogP contribution in [-0.2, 0) is 11.0 Å². The number of carboxylic acids is 1. The van der Waals surface area contributed by atoms with E-state index in [-0.39, 0.29) is 42.6 Å². The molecule has 0 atom stereocenters. The molecule has 28 heavy (non-hydrogen) atoms. The third kappa shape index (κ3) is 4.16. The van der Waals surface area contributed by atoms with E-state index in [4.69, 9.17) is 5.11 Å². The van der Waals surface area contributed by atoms with Gasteiger partial charge in [0.15, 0.2) is 0 Å². The number of carbonyl (C=O) groups is 2. The molecule has 148 valence electrons. The van der Waals surface area contributed by atoms with E-state index in [0.29, 0.717) is 0 Å². The smallest absolute Gasteiger partial charge is 0.416 e. The predicted octanol–water partition coefficient (Wildman–Crippen LogP) is 4.45. The maximum absolute atomic E-state index is 13.8. The minimum Gasteiger partial charge on any atom is -0.481 e. The number of rotatable bonds is 3. The van der Waals surface area contributed by atoms with Gasteiger partial charge in [-0.05, 0) is 48.2 Å². The molecule has 1 aliphatic rings. The Morgan fingerprint density at radius 2 is 1.71 bits per heavy atom. The summed E-state index contributed by atoms with van der Waals surface area (Å²) in [6.45, 7) is 0.378. The Morgan fingerprint density at radius 1 is 1.04 bits per heavy atom. The molecule has 0 unspecified atom stereocenters. The van der Waals surface area contributed by atoms with Gasteiger partial charge in [-0.15, -0.1) is 0 Å². The molecule has 0 saturated carbocycles. The van der Waals surface area contributed by atoms with E-state index in [9.17, 15) is 27.2 Å². The summed E-state index contributed by atoms with van der Waals surface area (Å²) in [6.07, 6.45) is -4.00. The predicted molar refractivity (Wildman–Crippen MR) is 93.1 cm³/mol. The van der Waals surface area contributed by atoms with Crippen molar-refractivity contribution in [2.45, 2.75) is 19.0 Å². The molecule has 1 N–H and O–H groups in total. The number of halogens is 4. The maximum atomic E-state index is 13.8. The van der Waals surface area contributed by atoms with Crippen molar-refractivity contribution in [1.29, 1.82) is 0 Å². The minimum absolute atomic E-state index is 0.0481. The van der Waals surface area contributed by atoms with E-state index in [0.717, 1.165) is 24.3 Å². The topological polar surface area (TPSA) is 57.6 Å². The lowest BCUT2D eigenvalue weighted by atomic mass is 9.94. The van der Waals surface area contributed by atoms with Crippen molar-refractivity contribution in [2.75, 3.05) is 13.1 Å². The van der Waals surface area contributed by atoms with Gasteiger partial charge in [0.25, 0.3) is 5.91 Å². The van der Waals surface area contributed by atoms with Crippen LogP contribution in [0.4, 0.5) is 17.6 Å². The first-order valence-corrected chi connectivity index (χ1v) is 8.66. The van der Waals surface area contributed by atoms with Crippen molar-refractivity contribution in [3.8, 4) is 11.1 Å². The van der Waals surface area contributed by atoms with E-state index in [2.05, 4.69) is 0 Å². The van der Waals surface area contributed by atoms with Gasteiger partial charge >= 0.3 is 12.1 Å². The monoisotopic (exact) mass is 395 g/mol. The van der Waals surface area contributed by atoms with Gasteiger partial charge in [0.2, 0.25) is 0 Å². The lowest BCUT2D eigenvalue weighted by molar-refractivity contribution is -0.143. The quantitative estimate of drug-likeness (QED) is 0.782. The molecule has 3 rings (SSSR count). The first kappa shape index (κ1) is 19.9. The van der Waals surface area contributed by atoms with E-state index in [1.165, 1.54) is 23.1 Å². The van der Waals surface area contributed by atoms with Gasteiger partial charge in [-0.2, -0.15) is 13.2 Å². The largest absolute Gasteiger partial charge is 0.481 e. The van der Waals surface area contributed by atoms with E-state index < -0.39 is 35.4 Å². The molecule has 0 aliphatic carbocycles. The van der Waals surface area contributed by atoms with Crippen LogP contribution in [0.1, 0.15) is 28.8 Å². The summed E-state index contributed by atoms with van der Waals surface area (Å²) in [4.78, 5) is 25.4. The summed E-state index contributed by atoms with van der Waals surface area (Å²) in [5, 5.41) is 9.06. The molecule has 2 aromatic rings. The third-order valence-corrected chi connectivity index (χ3v) is 4.84. The van der Waals surface area contributed by atoms with Crippen molar-refractivity contribution in [3.05, 3.63) is 59.4 Å². The van der Waals surface area contributed by atoms with Crippen LogP contribution in [0.2, 0.25) is 0 Å². The van der Waals surface area contributed by atoms with Gasteiger partial charge in [0.05, 0.1) is 17.0 Å². The molecule has 0 bridgehead atoms. The summed E-state index contributed by atoms with van der Waals surface area (Å²) in [5.74, 6) is -2.68. The molecule has 1 fully saturated rings. The molecule has 2 aromatic carbocycles. The Bertz CT molecular complexity index is 903. The normalized spacial score (nSPS) is 15.5. The van der Waals surface area contributed by atoms with Crippen molar-refractivity contribution < 1.29 is 32.3 Å². The first-order chi connectivity index (χ1) is 13.2. The van der Waals surface area contributed by atoms with Crippen LogP contribution in [0.3, 0.4) is 0 Å². The number of aliphatic carboxylic acids is 1. The van der Waals surface area contributed by atoms with E-state index >= 15 is 0 Å². The number of carbonyl (C=O) groups excluding carboxylic acids is 1. The molecule has 1 heterocycles. The fourth-order valence-electron chi connectivity index (χ4n) is 3.31. The molecule has 4 nitrogen and oxygen atoms in total. The summed E-state index contributed by atoms with van der Waals surface area (Å²) in [7, 11) is 0. The number of hydrogen-bond donors (Lipinski definition) is 1. The molecular formula is C20H17F4NO3. The molecule has 1 saturated heterocycles. The molecule has 0 radical (unpaired) electrons. The fraction of sp³-hybridized carbons (Fsp3) is 0.300. The van der Waals surface area contributed by atoms with Gasteiger partial charge in [0.1, 0.15) is 5.82 Å². The SMILES string of the molecule is O=C(O)C1CCN(C(=O)c2cc(F)ccc2-c2cccc(C(F)(F)F)c2)CC1. The third-order valence-electron chi connectivity index (χ3n) is 4.84. The average molecular weight is 395 g/mol. The number of likely N-dealkylation sites (tertiary alicyclic amines) is 1. The average Bonchev–Trinajstić information content (AvgIpc) is 2.67. The number of carboxylic acid groups (broad SMARTS) is 1. The highest BCUT2D eigenvalue weighted by Gasteiger charge is 2.32. The molecule has 0 aromatic heterocycles. The molecule has 8 heteroatoms. The zero-order valence-corrected chi connectivity index (χ0v) is 14.7. The summed E-state index contributed by atoms with van der Waals surface area (Å²) < 4.78 is 52.8. The van der Waals surface area contributed by atoms with Gasteiger partial charge in [0, 0.05) is 13.1 Å². The van der Waals surface area contributed by atoms with Gasteiger partial charge in [-0.1, -0.05) is 18.2 Å². The van der Waals surface area contributed by atoms with Gasteiger partial charge < -0.3 is 10.0 Å². The number of benzene rings is 2. The molecule has 0 spiro atoms. The number of piperidine rings is 1. The van der Waals surface area contributed by atoms with Crippen LogP contribution < -0.4 is 0 Å². The second-order valence-electron chi connectivity index (χ2n) is 6.67. The second kappa shape index (κ2) is 7.61. The Morgan fingerprint density at radius 3 is 2.32 bits per heavy atom. The summed E-state index contributed by atoms with van der Waals surface area (Å²) >= 11 is 0. The minimum atomic E-state index is -4.54. The Labute approximate surface area is 158 Å². The standard InChI is InChI=1S/C20H17F4NO3/c21-15-4-5-16(13-2-1-3-14(10-13)20(22,23)24)17(11-15)18(26)25-8-6-12(7-9-25)19(27)28/h1-5,10-12H,6-9H2,(H,27,28). The van der Waals surface area contributed by atoms with E-state index in [1.54, 1.807) is 0 Å². The van der Waals surface area contributed by atoms with Crippen molar-refractivity contribution in [3.63, 3.8) is 0 Å².